The van der Waals surface area contributed by atoms with Crippen LogP contribution in [-0.4, -0.2) is 35.8 Å². The van der Waals surface area contributed by atoms with Gasteiger partial charge in [-0.3, -0.25) is 0 Å². The van der Waals surface area contributed by atoms with Crippen molar-refractivity contribution in [3.05, 3.63) is 0 Å². The molecule has 0 aliphatic carbocycles. The minimum atomic E-state index is 0.381. The van der Waals surface area contributed by atoms with Crippen LogP contribution in [0.4, 0.5) is 0 Å². The fraction of sp³-hybridized carbons (Fsp3) is 1.00. The Labute approximate surface area is 98.5 Å². The van der Waals surface area contributed by atoms with Gasteiger partial charge in [0, 0.05) is 35.8 Å². The lowest BCUT2D eigenvalue weighted by atomic mass is 10.1. The van der Waals surface area contributed by atoms with Crippen molar-refractivity contribution in [3.63, 3.8) is 0 Å². The zero-order chi connectivity index (χ0) is 11.3. The summed E-state index contributed by atoms with van der Waals surface area (Å²) in [6.45, 7) is 11.0. The number of ether oxygens (including phenoxy) is 1. The van der Waals surface area contributed by atoms with E-state index in [-0.39, 0.29) is 0 Å². The predicted molar refractivity (Wildman–Crippen MR) is 68.6 cm³/mol. The van der Waals surface area contributed by atoms with E-state index in [9.17, 15) is 0 Å². The first-order valence-electron chi connectivity index (χ1n) is 5.95. The van der Waals surface area contributed by atoms with E-state index in [1.165, 1.54) is 18.6 Å². The molecule has 1 unspecified atom stereocenters. The van der Waals surface area contributed by atoms with Gasteiger partial charge in [0.2, 0.25) is 0 Å². The molecule has 0 saturated carbocycles. The molecular weight excluding hydrogens is 206 g/mol. The van der Waals surface area contributed by atoms with Crippen LogP contribution >= 0.6 is 11.8 Å². The summed E-state index contributed by atoms with van der Waals surface area (Å²) in [6.07, 6.45) is 2.34. The lowest BCUT2D eigenvalue weighted by molar-refractivity contribution is 0.0761. The average molecular weight is 231 g/mol. The normalized spacial score (nSPS) is 21.6. The van der Waals surface area contributed by atoms with Crippen LogP contribution in [0.25, 0.3) is 0 Å². The molecule has 15 heavy (non-hydrogen) atoms. The maximum Gasteiger partial charge on any atom is 0.0480 e. The van der Waals surface area contributed by atoms with Crippen LogP contribution in [0.2, 0.25) is 0 Å². The fourth-order valence-electron chi connectivity index (χ4n) is 1.69. The first-order chi connectivity index (χ1) is 6.97. The maximum absolute atomic E-state index is 5.35. The molecule has 0 aromatic rings. The zero-order valence-corrected chi connectivity index (χ0v) is 11.3. The van der Waals surface area contributed by atoms with Crippen molar-refractivity contribution in [2.75, 3.05) is 19.0 Å². The van der Waals surface area contributed by atoms with Crippen LogP contribution in [0.1, 0.15) is 40.5 Å². The maximum atomic E-state index is 5.35. The molecule has 0 amide bonds. The second-order valence-corrected chi connectivity index (χ2v) is 7.22. The Bertz CT molecular complexity index is 173. The minimum absolute atomic E-state index is 0.381. The van der Waals surface area contributed by atoms with Crippen molar-refractivity contribution in [2.45, 2.75) is 57.4 Å². The summed E-state index contributed by atoms with van der Waals surface area (Å²) in [7, 11) is 0. The smallest absolute Gasteiger partial charge is 0.0480 e. The molecule has 1 saturated heterocycles. The molecule has 90 valence electrons. The second-order valence-electron chi connectivity index (χ2n) is 5.38. The highest BCUT2D eigenvalue weighted by Gasteiger charge is 2.17. The van der Waals surface area contributed by atoms with E-state index >= 15 is 0 Å². The first kappa shape index (κ1) is 13.3. The summed E-state index contributed by atoms with van der Waals surface area (Å²) in [6, 6.07) is 1.28. The molecule has 3 heteroatoms. The molecule has 1 atom stereocenters. The number of thioether (sulfide) groups is 1. The van der Waals surface area contributed by atoms with Crippen molar-refractivity contribution in [1.82, 2.24) is 5.32 Å². The Morgan fingerprint density at radius 2 is 1.93 bits per heavy atom. The van der Waals surface area contributed by atoms with Crippen LogP contribution in [0, 0.1) is 0 Å². The van der Waals surface area contributed by atoms with Gasteiger partial charge in [-0.1, -0.05) is 20.8 Å². The van der Waals surface area contributed by atoms with E-state index in [0.29, 0.717) is 16.8 Å². The summed E-state index contributed by atoms with van der Waals surface area (Å²) < 4.78 is 5.73. The van der Waals surface area contributed by atoms with E-state index in [1.807, 2.05) is 11.8 Å². The minimum Gasteiger partial charge on any atom is -0.381 e. The number of nitrogens with one attached hydrogen (secondary N) is 1. The largest absolute Gasteiger partial charge is 0.381 e. The van der Waals surface area contributed by atoms with Gasteiger partial charge in [0.15, 0.2) is 0 Å². The molecular formula is C12H25NOS. The van der Waals surface area contributed by atoms with Crippen LogP contribution in [0.3, 0.4) is 0 Å². The van der Waals surface area contributed by atoms with Gasteiger partial charge >= 0.3 is 0 Å². The van der Waals surface area contributed by atoms with Crippen LogP contribution in [-0.2, 0) is 4.74 Å². The third kappa shape index (κ3) is 6.44. The summed E-state index contributed by atoms with van der Waals surface area (Å²) >= 11 is 2.04. The van der Waals surface area contributed by atoms with Crippen LogP contribution in [0.5, 0.6) is 0 Å². The summed E-state index contributed by atoms with van der Waals surface area (Å²) in [4.78, 5) is 0. The van der Waals surface area contributed by atoms with Crippen molar-refractivity contribution in [1.29, 1.82) is 0 Å². The van der Waals surface area contributed by atoms with E-state index in [4.69, 9.17) is 4.74 Å². The van der Waals surface area contributed by atoms with Gasteiger partial charge in [0.1, 0.15) is 0 Å². The number of rotatable bonds is 4. The van der Waals surface area contributed by atoms with Crippen LogP contribution < -0.4 is 5.32 Å². The lowest BCUT2D eigenvalue weighted by Crippen LogP contribution is -2.41. The predicted octanol–water partition coefficient (Wildman–Crippen LogP) is 2.68. The molecule has 1 aliphatic heterocycles. The topological polar surface area (TPSA) is 21.3 Å². The van der Waals surface area contributed by atoms with Gasteiger partial charge < -0.3 is 10.1 Å². The Hall–Kier alpha value is 0.270. The van der Waals surface area contributed by atoms with Crippen molar-refractivity contribution in [3.8, 4) is 0 Å². The Balaban J connectivity index is 2.14. The van der Waals surface area contributed by atoms with Gasteiger partial charge in [-0.15, -0.1) is 0 Å². The highest BCUT2D eigenvalue weighted by Crippen LogP contribution is 2.23. The molecule has 1 N–H and O–H groups in total. The highest BCUT2D eigenvalue weighted by molar-refractivity contribution is 8.00. The van der Waals surface area contributed by atoms with Gasteiger partial charge in [-0.25, -0.2) is 0 Å². The molecule has 1 rings (SSSR count). The highest BCUT2D eigenvalue weighted by atomic mass is 32.2. The molecule has 1 aliphatic rings. The monoisotopic (exact) mass is 231 g/mol. The lowest BCUT2D eigenvalue weighted by Gasteiger charge is -2.28. The SMILES string of the molecule is CC(CSC(C)(C)C)NC1CCOCC1. The Morgan fingerprint density at radius 3 is 2.47 bits per heavy atom. The van der Waals surface area contributed by atoms with Gasteiger partial charge in [-0.2, -0.15) is 11.8 Å². The first-order valence-corrected chi connectivity index (χ1v) is 6.94. The Kier molecular flexibility index (Phi) is 5.44. The zero-order valence-electron chi connectivity index (χ0n) is 10.5. The van der Waals surface area contributed by atoms with E-state index in [1.54, 1.807) is 0 Å². The molecule has 0 aromatic heterocycles. The average Bonchev–Trinajstić information content (AvgIpc) is 2.15. The van der Waals surface area contributed by atoms with Gasteiger partial charge in [0.05, 0.1) is 0 Å². The number of hydrogen-bond acceptors (Lipinski definition) is 3. The third-order valence-electron chi connectivity index (χ3n) is 2.51. The molecule has 0 aromatic carbocycles. The molecule has 1 fully saturated rings. The van der Waals surface area contributed by atoms with E-state index in [0.717, 1.165) is 13.2 Å². The van der Waals surface area contributed by atoms with Crippen molar-refractivity contribution in [2.24, 2.45) is 0 Å². The summed E-state index contributed by atoms with van der Waals surface area (Å²) in [5, 5.41) is 3.69. The fourth-order valence-corrected chi connectivity index (χ4v) is 2.54. The van der Waals surface area contributed by atoms with E-state index < -0.39 is 0 Å². The van der Waals surface area contributed by atoms with E-state index in [2.05, 4.69) is 33.0 Å². The van der Waals surface area contributed by atoms with Gasteiger partial charge in [0.25, 0.3) is 0 Å². The van der Waals surface area contributed by atoms with Crippen molar-refractivity contribution >= 4 is 11.8 Å². The third-order valence-corrected chi connectivity index (χ3v) is 4.04. The van der Waals surface area contributed by atoms with Gasteiger partial charge in [-0.05, 0) is 19.8 Å². The molecule has 1 heterocycles. The summed E-state index contributed by atoms with van der Waals surface area (Å²) in [5.41, 5.74) is 0. The molecule has 0 radical (unpaired) electrons. The standard InChI is InChI=1S/C12H25NOS/c1-10(9-15-12(2,3)4)13-11-5-7-14-8-6-11/h10-11,13H,5-9H2,1-4H3. The number of hydrogen-bond donors (Lipinski definition) is 1. The van der Waals surface area contributed by atoms with Crippen LogP contribution in [0.15, 0.2) is 0 Å². The van der Waals surface area contributed by atoms with Crippen molar-refractivity contribution < 1.29 is 4.74 Å². The summed E-state index contributed by atoms with van der Waals surface area (Å²) in [5.74, 6) is 1.20. The Morgan fingerprint density at radius 1 is 1.33 bits per heavy atom. The second kappa shape index (κ2) is 6.12. The molecule has 0 bridgehead atoms. The molecule has 2 nitrogen and oxygen atoms in total. The molecule has 0 spiro atoms. The quantitative estimate of drug-likeness (QED) is 0.804.